The van der Waals surface area contributed by atoms with Crippen LogP contribution in [0, 0.1) is 0 Å². The molecule has 1 aromatic heterocycles. The normalized spacial score (nSPS) is 11.1. The van der Waals surface area contributed by atoms with E-state index < -0.39 is 5.91 Å². The summed E-state index contributed by atoms with van der Waals surface area (Å²) in [6.07, 6.45) is 1.43. The number of H-pyrrole nitrogens is 1. The summed E-state index contributed by atoms with van der Waals surface area (Å²) < 4.78 is 0.845. The lowest BCUT2D eigenvalue weighted by Gasteiger charge is -2.03. The molecule has 0 fully saturated rings. The Labute approximate surface area is 149 Å². The maximum Gasteiger partial charge on any atom is 0.292 e. The van der Waals surface area contributed by atoms with Crippen LogP contribution in [0.1, 0.15) is 16.1 Å². The van der Waals surface area contributed by atoms with Gasteiger partial charge in [0.15, 0.2) is 5.69 Å². The van der Waals surface area contributed by atoms with E-state index in [9.17, 15) is 9.59 Å². The second-order valence-electron chi connectivity index (χ2n) is 4.81. The van der Waals surface area contributed by atoms with Crippen molar-refractivity contribution in [2.45, 2.75) is 0 Å². The summed E-state index contributed by atoms with van der Waals surface area (Å²) in [6.45, 7) is 0. The van der Waals surface area contributed by atoms with Crippen molar-refractivity contribution in [3.8, 4) is 0 Å². The first-order chi connectivity index (χ1) is 11.6. The molecule has 0 spiro atoms. The van der Waals surface area contributed by atoms with Gasteiger partial charge in [0.25, 0.3) is 11.5 Å². The van der Waals surface area contributed by atoms with Crippen LogP contribution in [0.3, 0.4) is 0 Å². The van der Waals surface area contributed by atoms with Gasteiger partial charge in [-0.1, -0.05) is 51.8 Å². The number of aromatic nitrogens is 2. The first-order valence-electron chi connectivity index (χ1n) is 6.82. The molecule has 120 valence electrons. The fraction of sp³-hybridized carbons (Fsp3) is 0. The van der Waals surface area contributed by atoms with Crippen molar-refractivity contribution < 1.29 is 4.79 Å². The number of aromatic amines is 1. The van der Waals surface area contributed by atoms with Crippen LogP contribution >= 0.6 is 27.5 Å². The Bertz CT molecular complexity index is 1020. The van der Waals surface area contributed by atoms with Gasteiger partial charge >= 0.3 is 0 Å². The van der Waals surface area contributed by atoms with Crippen LogP contribution < -0.4 is 11.0 Å². The fourth-order valence-corrected chi connectivity index (χ4v) is 2.83. The smallest absolute Gasteiger partial charge is 0.267 e. The molecule has 0 aliphatic heterocycles. The predicted molar refractivity (Wildman–Crippen MR) is 96.6 cm³/mol. The summed E-state index contributed by atoms with van der Waals surface area (Å²) in [5.74, 6) is -0.535. The minimum Gasteiger partial charge on any atom is -0.267 e. The van der Waals surface area contributed by atoms with E-state index in [2.05, 4.69) is 36.7 Å². The molecule has 1 amide bonds. The minimum atomic E-state index is -0.535. The summed E-state index contributed by atoms with van der Waals surface area (Å²) in [7, 11) is 0. The summed E-state index contributed by atoms with van der Waals surface area (Å²) in [6, 6.07) is 12.0. The monoisotopic (exact) mass is 404 g/mol. The van der Waals surface area contributed by atoms with Crippen LogP contribution in [0.5, 0.6) is 0 Å². The van der Waals surface area contributed by atoms with Crippen molar-refractivity contribution in [3.63, 3.8) is 0 Å². The van der Waals surface area contributed by atoms with E-state index in [4.69, 9.17) is 11.6 Å². The molecule has 24 heavy (non-hydrogen) atoms. The number of rotatable bonds is 3. The molecule has 0 unspecified atom stereocenters. The average molecular weight is 406 g/mol. The highest BCUT2D eigenvalue weighted by Crippen LogP contribution is 2.19. The number of hydrazone groups is 1. The van der Waals surface area contributed by atoms with Crippen LogP contribution in [0.2, 0.25) is 5.02 Å². The van der Waals surface area contributed by atoms with Gasteiger partial charge in [-0.05, 0) is 18.2 Å². The SMILES string of the molecule is O=C(N/N=C/c1ccc(Br)cc1Cl)c1n[nH]c(=O)c2ccccc12. The van der Waals surface area contributed by atoms with Gasteiger partial charge in [0.2, 0.25) is 0 Å². The fourth-order valence-electron chi connectivity index (χ4n) is 2.11. The molecule has 3 aromatic rings. The van der Waals surface area contributed by atoms with E-state index in [1.165, 1.54) is 6.21 Å². The van der Waals surface area contributed by atoms with Crippen LogP contribution in [-0.2, 0) is 0 Å². The third-order valence-corrected chi connectivity index (χ3v) is 4.06. The lowest BCUT2D eigenvalue weighted by atomic mass is 10.1. The zero-order valence-electron chi connectivity index (χ0n) is 12.1. The van der Waals surface area contributed by atoms with E-state index in [1.54, 1.807) is 36.4 Å². The number of fused-ring (bicyclic) bond motifs is 1. The Morgan fingerprint density at radius 1 is 1.25 bits per heavy atom. The maximum absolute atomic E-state index is 12.2. The molecule has 1 heterocycles. The lowest BCUT2D eigenvalue weighted by Crippen LogP contribution is -2.22. The third kappa shape index (κ3) is 3.37. The first kappa shape index (κ1) is 16.4. The maximum atomic E-state index is 12.2. The van der Waals surface area contributed by atoms with Gasteiger partial charge in [0.05, 0.1) is 16.6 Å². The summed E-state index contributed by atoms with van der Waals surface area (Å²) in [5.41, 5.74) is 2.76. The Morgan fingerprint density at radius 3 is 2.75 bits per heavy atom. The second-order valence-corrected chi connectivity index (χ2v) is 6.13. The van der Waals surface area contributed by atoms with Crippen molar-refractivity contribution >= 4 is 50.4 Å². The van der Waals surface area contributed by atoms with E-state index in [1.807, 2.05) is 6.07 Å². The van der Waals surface area contributed by atoms with Crippen molar-refractivity contribution in [2.24, 2.45) is 5.10 Å². The lowest BCUT2D eigenvalue weighted by molar-refractivity contribution is 0.0951. The molecule has 3 rings (SSSR count). The highest BCUT2D eigenvalue weighted by molar-refractivity contribution is 9.10. The highest BCUT2D eigenvalue weighted by Gasteiger charge is 2.13. The van der Waals surface area contributed by atoms with Gasteiger partial charge in [0, 0.05) is 15.4 Å². The summed E-state index contributed by atoms with van der Waals surface area (Å²) in [4.78, 5) is 24.0. The van der Waals surface area contributed by atoms with Gasteiger partial charge in [-0.25, -0.2) is 10.5 Å². The molecule has 0 radical (unpaired) electrons. The predicted octanol–water partition coefficient (Wildman–Crippen LogP) is 3.10. The van der Waals surface area contributed by atoms with Crippen LogP contribution in [0.15, 0.2) is 56.8 Å². The van der Waals surface area contributed by atoms with Crippen molar-refractivity contribution in [2.75, 3.05) is 0 Å². The number of halogens is 2. The number of hydrogen-bond donors (Lipinski definition) is 2. The molecule has 0 aliphatic rings. The standard InChI is InChI=1S/C16H10BrClN4O2/c17-10-6-5-9(13(18)7-10)8-19-21-16(24)14-11-3-1-2-4-12(11)15(23)22-20-14/h1-8H,(H,21,24)(H,22,23)/b19-8+. The van der Waals surface area contributed by atoms with E-state index >= 15 is 0 Å². The molecule has 2 aromatic carbocycles. The number of nitrogens with zero attached hydrogens (tertiary/aromatic N) is 2. The van der Waals surface area contributed by atoms with Gasteiger partial charge in [-0.2, -0.15) is 10.2 Å². The van der Waals surface area contributed by atoms with Crippen LogP contribution in [-0.4, -0.2) is 22.3 Å². The topological polar surface area (TPSA) is 87.2 Å². The number of nitrogens with one attached hydrogen (secondary N) is 2. The minimum absolute atomic E-state index is 0.0873. The molecule has 0 atom stereocenters. The number of hydrogen-bond acceptors (Lipinski definition) is 4. The second kappa shape index (κ2) is 6.94. The number of carbonyl (C=O) groups excluding carboxylic acids is 1. The van der Waals surface area contributed by atoms with Crippen LogP contribution in [0.25, 0.3) is 10.8 Å². The summed E-state index contributed by atoms with van der Waals surface area (Å²) in [5, 5.41) is 11.3. The molecule has 2 N–H and O–H groups in total. The molecule has 0 bridgehead atoms. The van der Waals surface area contributed by atoms with E-state index in [-0.39, 0.29) is 11.3 Å². The molecule has 8 heteroatoms. The third-order valence-electron chi connectivity index (χ3n) is 3.24. The van der Waals surface area contributed by atoms with E-state index in [0.29, 0.717) is 21.4 Å². The number of amides is 1. The molecular formula is C16H10BrClN4O2. The number of benzene rings is 2. The van der Waals surface area contributed by atoms with Crippen LogP contribution in [0.4, 0.5) is 0 Å². The molecule has 0 aliphatic carbocycles. The molecular weight excluding hydrogens is 396 g/mol. The van der Waals surface area contributed by atoms with Gasteiger partial charge in [-0.15, -0.1) is 0 Å². The van der Waals surface area contributed by atoms with Gasteiger partial charge < -0.3 is 0 Å². The zero-order valence-corrected chi connectivity index (χ0v) is 14.4. The first-order valence-corrected chi connectivity index (χ1v) is 7.99. The Hall–Kier alpha value is -2.51. The molecule has 0 saturated carbocycles. The van der Waals surface area contributed by atoms with Crippen molar-refractivity contribution in [1.29, 1.82) is 0 Å². The van der Waals surface area contributed by atoms with E-state index in [0.717, 1.165) is 4.47 Å². The molecule has 0 saturated heterocycles. The molecule has 6 nitrogen and oxygen atoms in total. The highest BCUT2D eigenvalue weighted by atomic mass is 79.9. The summed E-state index contributed by atoms with van der Waals surface area (Å²) >= 11 is 9.38. The Morgan fingerprint density at radius 2 is 2.00 bits per heavy atom. The van der Waals surface area contributed by atoms with Gasteiger partial charge in [0.1, 0.15) is 0 Å². The Balaban J connectivity index is 1.84. The largest absolute Gasteiger partial charge is 0.292 e. The number of carbonyl (C=O) groups is 1. The van der Waals surface area contributed by atoms with Crippen molar-refractivity contribution in [1.82, 2.24) is 15.6 Å². The van der Waals surface area contributed by atoms with Crippen molar-refractivity contribution in [3.05, 3.63) is 73.6 Å². The van der Waals surface area contributed by atoms with Gasteiger partial charge in [-0.3, -0.25) is 9.59 Å². The zero-order chi connectivity index (χ0) is 17.1. The quantitative estimate of drug-likeness (QED) is 0.518. The average Bonchev–Trinajstić information content (AvgIpc) is 2.57. The Kier molecular flexibility index (Phi) is 4.73.